The average Bonchev–Trinajstić information content (AvgIpc) is 2.66. The Kier molecular flexibility index (Phi) is 8.21. The van der Waals surface area contributed by atoms with Crippen LogP contribution >= 0.6 is 11.6 Å². The van der Waals surface area contributed by atoms with E-state index in [9.17, 15) is 9.59 Å². The van der Waals surface area contributed by atoms with Crippen molar-refractivity contribution in [2.75, 3.05) is 0 Å². The van der Waals surface area contributed by atoms with E-state index in [1.807, 2.05) is 52.0 Å². The third kappa shape index (κ3) is 7.23. The third-order valence-electron chi connectivity index (χ3n) is 3.96. The summed E-state index contributed by atoms with van der Waals surface area (Å²) in [6.45, 7) is 7.60. The van der Waals surface area contributed by atoms with Crippen LogP contribution in [0.2, 0.25) is 5.02 Å². The second-order valence-electron chi connectivity index (χ2n) is 7.18. The molecule has 1 unspecified atom stereocenters. The number of nitrogens with zero attached hydrogens (tertiary/aromatic N) is 1. The Labute approximate surface area is 176 Å². The van der Waals surface area contributed by atoms with Crippen LogP contribution in [0.3, 0.4) is 0 Å². The molecule has 0 radical (unpaired) electrons. The fraction of sp³-hybridized carbons (Fsp3) is 0.318. The minimum absolute atomic E-state index is 0.0675. The van der Waals surface area contributed by atoms with Crippen LogP contribution in [0.25, 0.3) is 0 Å². The predicted octanol–water partition coefficient (Wildman–Crippen LogP) is 4.03. The number of nitrogens with one attached hydrogen (secondary N) is 2. The monoisotopic (exact) mass is 415 g/mol. The Balaban J connectivity index is 1.99. The number of carbonyl (C=O) groups is 2. The van der Waals surface area contributed by atoms with Gasteiger partial charge in [0.1, 0.15) is 11.8 Å². The summed E-state index contributed by atoms with van der Waals surface area (Å²) in [5, 5.41) is 7.29. The van der Waals surface area contributed by atoms with Gasteiger partial charge in [0.25, 0.3) is 11.8 Å². The number of benzene rings is 2. The van der Waals surface area contributed by atoms with E-state index in [4.69, 9.17) is 16.3 Å². The van der Waals surface area contributed by atoms with Gasteiger partial charge in [0.05, 0.1) is 12.3 Å². The van der Waals surface area contributed by atoms with E-state index >= 15 is 0 Å². The molecule has 0 aromatic heterocycles. The van der Waals surface area contributed by atoms with Gasteiger partial charge in [0, 0.05) is 10.6 Å². The number of halogens is 1. The first-order chi connectivity index (χ1) is 13.8. The van der Waals surface area contributed by atoms with E-state index in [-0.39, 0.29) is 17.9 Å². The van der Waals surface area contributed by atoms with Gasteiger partial charge in [-0.2, -0.15) is 5.10 Å². The Morgan fingerprint density at radius 1 is 1.07 bits per heavy atom. The van der Waals surface area contributed by atoms with Crippen LogP contribution in [-0.4, -0.2) is 30.2 Å². The number of hydrogen-bond donors (Lipinski definition) is 2. The molecule has 2 N–H and O–H groups in total. The topological polar surface area (TPSA) is 79.8 Å². The average molecular weight is 416 g/mol. The zero-order valence-electron chi connectivity index (χ0n) is 17.0. The molecule has 154 valence electrons. The molecule has 7 heteroatoms. The molecule has 0 spiro atoms. The maximum absolute atomic E-state index is 12.5. The lowest BCUT2D eigenvalue weighted by molar-refractivity contribution is -0.123. The first-order valence-electron chi connectivity index (χ1n) is 9.42. The van der Waals surface area contributed by atoms with Crippen molar-refractivity contribution in [2.24, 2.45) is 11.0 Å². The molecule has 0 saturated carbocycles. The number of carbonyl (C=O) groups excluding carboxylic acids is 2. The highest BCUT2D eigenvalue weighted by Gasteiger charge is 2.24. The summed E-state index contributed by atoms with van der Waals surface area (Å²) in [5.41, 5.74) is 3.71. The normalized spacial score (nSPS) is 12.2. The van der Waals surface area contributed by atoms with Crippen LogP contribution in [0.4, 0.5) is 0 Å². The molecule has 29 heavy (non-hydrogen) atoms. The lowest BCUT2D eigenvalue weighted by Crippen LogP contribution is -2.48. The minimum Gasteiger partial charge on any atom is -0.491 e. The van der Waals surface area contributed by atoms with Crippen molar-refractivity contribution in [3.63, 3.8) is 0 Å². The zero-order valence-corrected chi connectivity index (χ0v) is 17.7. The molecule has 0 aliphatic rings. The standard InChI is InChI=1S/C22H26ClN3O3/c1-14(2)20(25-21(27)17-8-10-18(23)11-9-17)22(28)26-24-13-16-6-5-7-19(12-16)29-15(3)4/h5-15,20H,1-4H3,(H,25,27)(H,26,28)/b24-13-. The van der Waals surface area contributed by atoms with Crippen LogP contribution in [0, 0.1) is 5.92 Å². The predicted molar refractivity (Wildman–Crippen MR) is 115 cm³/mol. The van der Waals surface area contributed by atoms with E-state index in [1.54, 1.807) is 24.3 Å². The summed E-state index contributed by atoms with van der Waals surface area (Å²) in [7, 11) is 0. The van der Waals surface area contributed by atoms with Crippen LogP contribution in [0.15, 0.2) is 53.6 Å². The molecule has 2 amide bonds. The van der Waals surface area contributed by atoms with Gasteiger partial charge in [-0.25, -0.2) is 5.43 Å². The summed E-state index contributed by atoms with van der Waals surface area (Å²) >= 11 is 5.85. The van der Waals surface area contributed by atoms with Gasteiger partial charge in [-0.3, -0.25) is 9.59 Å². The van der Waals surface area contributed by atoms with Crippen molar-refractivity contribution < 1.29 is 14.3 Å². The minimum atomic E-state index is -0.731. The third-order valence-corrected chi connectivity index (χ3v) is 4.21. The molecule has 0 bridgehead atoms. The summed E-state index contributed by atoms with van der Waals surface area (Å²) in [4.78, 5) is 24.9. The molecule has 6 nitrogen and oxygen atoms in total. The Hall–Kier alpha value is -2.86. The van der Waals surface area contributed by atoms with Gasteiger partial charge >= 0.3 is 0 Å². The number of rotatable bonds is 8. The van der Waals surface area contributed by atoms with Crippen molar-refractivity contribution in [1.82, 2.24) is 10.7 Å². The Bertz CT molecular complexity index is 864. The summed E-state index contributed by atoms with van der Waals surface area (Å²) in [6.07, 6.45) is 1.60. The first kappa shape index (κ1) is 22.4. The number of ether oxygens (including phenoxy) is 1. The molecular weight excluding hydrogens is 390 g/mol. The Morgan fingerprint density at radius 2 is 1.76 bits per heavy atom. The summed E-state index contributed by atoms with van der Waals surface area (Å²) in [6, 6.07) is 13.1. The van der Waals surface area contributed by atoms with Crippen LogP contribution in [-0.2, 0) is 4.79 Å². The van der Waals surface area contributed by atoms with Crippen molar-refractivity contribution in [3.8, 4) is 5.75 Å². The van der Waals surface area contributed by atoms with E-state index in [0.29, 0.717) is 10.6 Å². The molecule has 0 aliphatic heterocycles. The number of amides is 2. The number of hydrazone groups is 1. The summed E-state index contributed by atoms with van der Waals surface area (Å²) < 4.78 is 5.64. The SMILES string of the molecule is CC(C)Oc1cccc(/C=N\NC(=O)C(NC(=O)c2ccc(Cl)cc2)C(C)C)c1. The molecule has 2 aromatic carbocycles. The van der Waals surface area contributed by atoms with Crippen molar-refractivity contribution in [2.45, 2.75) is 39.8 Å². The van der Waals surface area contributed by atoms with E-state index < -0.39 is 11.9 Å². The highest BCUT2D eigenvalue weighted by molar-refractivity contribution is 6.30. The van der Waals surface area contributed by atoms with E-state index in [2.05, 4.69) is 15.8 Å². The van der Waals surface area contributed by atoms with Gasteiger partial charge in [-0.15, -0.1) is 0 Å². The largest absolute Gasteiger partial charge is 0.491 e. The highest BCUT2D eigenvalue weighted by Crippen LogP contribution is 2.14. The molecule has 2 aromatic rings. The van der Waals surface area contributed by atoms with Gasteiger partial charge in [-0.1, -0.05) is 37.6 Å². The molecule has 0 fully saturated rings. The summed E-state index contributed by atoms with van der Waals surface area (Å²) in [5.74, 6) is -0.138. The first-order valence-corrected chi connectivity index (χ1v) is 9.80. The van der Waals surface area contributed by atoms with Gasteiger partial charge in [-0.05, 0) is 61.7 Å². The highest BCUT2D eigenvalue weighted by atomic mass is 35.5. The maximum Gasteiger partial charge on any atom is 0.262 e. The van der Waals surface area contributed by atoms with Crippen molar-refractivity contribution in [3.05, 3.63) is 64.7 Å². The molecular formula is C22H26ClN3O3. The fourth-order valence-electron chi connectivity index (χ4n) is 2.54. The smallest absolute Gasteiger partial charge is 0.262 e. The van der Waals surface area contributed by atoms with Gasteiger partial charge < -0.3 is 10.1 Å². The molecule has 0 aliphatic carbocycles. The second kappa shape index (κ2) is 10.6. The zero-order chi connectivity index (χ0) is 21.4. The molecule has 2 rings (SSSR count). The molecule has 0 saturated heterocycles. The lowest BCUT2D eigenvalue weighted by atomic mass is 10.0. The molecule has 0 heterocycles. The lowest BCUT2D eigenvalue weighted by Gasteiger charge is -2.20. The quantitative estimate of drug-likeness (QED) is 0.504. The van der Waals surface area contributed by atoms with E-state index in [0.717, 1.165) is 11.3 Å². The Morgan fingerprint density at radius 3 is 2.38 bits per heavy atom. The van der Waals surface area contributed by atoms with Crippen molar-refractivity contribution >= 4 is 29.6 Å². The maximum atomic E-state index is 12.5. The second-order valence-corrected chi connectivity index (χ2v) is 7.61. The van der Waals surface area contributed by atoms with Gasteiger partial charge in [0.15, 0.2) is 0 Å². The fourth-order valence-corrected chi connectivity index (χ4v) is 2.67. The van der Waals surface area contributed by atoms with Gasteiger partial charge in [0.2, 0.25) is 0 Å². The van der Waals surface area contributed by atoms with E-state index in [1.165, 1.54) is 6.21 Å². The van der Waals surface area contributed by atoms with Crippen molar-refractivity contribution in [1.29, 1.82) is 0 Å². The van der Waals surface area contributed by atoms with Crippen LogP contribution < -0.4 is 15.5 Å². The number of hydrogen-bond acceptors (Lipinski definition) is 4. The van der Waals surface area contributed by atoms with Crippen LogP contribution in [0.5, 0.6) is 5.75 Å². The van der Waals surface area contributed by atoms with Crippen LogP contribution in [0.1, 0.15) is 43.6 Å². The molecule has 1 atom stereocenters.